The van der Waals surface area contributed by atoms with Crippen LogP contribution in [0.3, 0.4) is 0 Å². The van der Waals surface area contributed by atoms with Crippen molar-refractivity contribution in [2.75, 3.05) is 43.9 Å². The van der Waals surface area contributed by atoms with Gasteiger partial charge < -0.3 is 25.5 Å². The summed E-state index contributed by atoms with van der Waals surface area (Å²) in [5, 5.41) is 17.4. The predicted octanol–water partition coefficient (Wildman–Crippen LogP) is 3.30. The van der Waals surface area contributed by atoms with Gasteiger partial charge in [0, 0.05) is 35.9 Å². The third kappa shape index (κ3) is 4.65. The molecule has 12 heteroatoms. The number of nitrogens with zero attached hydrogens (tertiary/aromatic N) is 6. The Morgan fingerprint density at radius 3 is 2.50 bits per heavy atom. The predicted molar refractivity (Wildman–Crippen MR) is 134 cm³/mol. The Hall–Kier alpha value is -3.35. The maximum absolute atomic E-state index is 13.1. The number of amides is 1. The van der Waals surface area contributed by atoms with E-state index >= 15 is 0 Å². The quantitative estimate of drug-likeness (QED) is 0.345. The molecule has 1 aliphatic rings. The molecule has 4 aromatic rings. The molecule has 0 spiro atoms. The molecule has 0 saturated carbocycles. The molecule has 1 aliphatic heterocycles. The maximum Gasteiger partial charge on any atom is 0.257 e. The van der Waals surface area contributed by atoms with Crippen LogP contribution in [-0.4, -0.2) is 72.8 Å². The minimum absolute atomic E-state index is 0.121. The standard InChI is InChI=1S/C22H24N8O2S2/c1-13-6-7-14(33-13)12-23-18-19(26-21-20(25-18)27-34-28-21)24-16-5-3-4-15(17(16)31)22(32)30-10-8-29(2)9-11-30/h3-7,31H,8-12H2,1-2H3,(H,23,25,27)(H,24,26,28). The van der Waals surface area contributed by atoms with Crippen LogP contribution in [0.1, 0.15) is 20.1 Å². The van der Waals surface area contributed by atoms with Crippen LogP contribution in [0.25, 0.3) is 11.3 Å². The number of aryl methyl sites for hydroxylation is 1. The average Bonchev–Trinajstić information content (AvgIpc) is 3.47. The summed E-state index contributed by atoms with van der Waals surface area (Å²) >= 11 is 2.74. The normalized spacial score (nSPS) is 14.5. The van der Waals surface area contributed by atoms with E-state index in [0.29, 0.717) is 48.3 Å². The van der Waals surface area contributed by atoms with Crippen LogP contribution < -0.4 is 10.6 Å². The molecular formula is C22H24N8O2S2. The zero-order valence-corrected chi connectivity index (χ0v) is 20.4. The fourth-order valence-corrected chi connectivity index (χ4v) is 4.99. The van der Waals surface area contributed by atoms with E-state index in [0.717, 1.165) is 29.7 Å². The van der Waals surface area contributed by atoms with Gasteiger partial charge in [-0.1, -0.05) is 6.07 Å². The van der Waals surface area contributed by atoms with E-state index in [1.54, 1.807) is 34.4 Å². The number of likely N-dealkylation sites (N-methyl/N-ethyl adjacent to an activating group) is 1. The Labute approximate surface area is 204 Å². The van der Waals surface area contributed by atoms with E-state index < -0.39 is 0 Å². The van der Waals surface area contributed by atoms with E-state index in [9.17, 15) is 9.90 Å². The van der Waals surface area contributed by atoms with Crippen molar-refractivity contribution in [2.45, 2.75) is 13.5 Å². The number of benzene rings is 1. The second-order valence-corrected chi connectivity index (χ2v) is 10.0. The number of aromatic hydroxyl groups is 1. The van der Waals surface area contributed by atoms with Crippen LogP contribution in [0.5, 0.6) is 5.75 Å². The Kier molecular flexibility index (Phi) is 6.26. The van der Waals surface area contributed by atoms with Crippen molar-refractivity contribution in [3.8, 4) is 5.75 Å². The van der Waals surface area contributed by atoms with Gasteiger partial charge in [0.1, 0.15) is 0 Å². The highest BCUT2D eigenvalue weighted by Gasteiger charge is 2.24. The molecule has 1 fully saturated rings. The first kappa shape index (κ1) is 22.4. The molecule has 0 bridgehead atoms. The smallest absolute Gasteiger partial charge is 0.257 e. The van der Waals surface area contributed by atoms with Gasteiger partial charge in [-0.3, -0.25) is 4.79 Å². The largest absolute Gasteiger partial charge is 0.505 e. The van der Waals surface area contributed by atoms with E-state index in [-0.39, 0.29) is 17.2 Å². The second-order valence-electron chi connectivity index (χ2n) is 8.12. The number of fused-ring (bicyclic) bond motifs is 1. The molecule has 34 heavy (non-hydrogen) atoms. The Morgan fingerprint density at radius 1 is 1.06 bits per heavy atom. The molecule has 3 N–H and O–H groups in total. The average molecular weight is 497 g/mol. The molecule has 3 aromatic heterocycles. The summed E-state index contributed by atoms with van der Waals surface area (Å²) in [6, 6.07) is 9.21. The number of carbonyl (C=O) groups excluding carboxylic acids is 1. The molecule has 10 nitrogen and oxygen atoms in total. The SMILES string of the molecule is Cc1ccc(CNc2nc3nsnc3nc2Nc2cccc(C(=O)N3CCN(C)CC3)c2O)s1. The lowest BCUT2D eigenvalue weighted by Crippen LogP contribution is -2.47. The van der Waals surface area contributed by atoms with Crippen LogP contribution in [0.4, 0.5) is 17.3 Å². The number of phenols is 1. The third-order valence-corrected chi connectivity index (χ3v) is 7.16. The van der Waals surface area contributed by atoms with Crippen molar-refractivity contribution in [2.24, 2.45) is 0 Å². The highest BCUT2D eigenvalue weighted by Crippen LogP contribution is 2.33. The van der Waals surface area contributed by atoms with Gasteiger partial charge in [-0.15, -0.1) is 11.3 Å². The summed E-state index contributed by atoms with van der Waals surface area (Å²) in [6.07, 6.45) is 0. The Bertz CT molecular complexity index is 1330. The molecule has 0 aliphatic carbocycles. The fourth-order valence-electron chi connectivity index (χ4n) is 3.72. The van der Waals surface area contributed by atoms with Gasteiger partial charge in [-0.05, 0) is 38.2 Å². The maximum atomic E-state index is 13.1. The molecule has 1 saturated heterocycles. The summed E-state index contributed by atoms with van der Waals surface area (Å²) in [7, 11) is 2.03. The fraction of sp³-hybridized carbons (Fsp3) is 0.318. The number of hydrogen-bond acceptors (Lipinski definition) is 11. The number of phenolic OH excluding ortho intramolecular Hbond substituents is 1. The summed E-state index contributed by atoms with van der Waals surface area (Å²) in [5.41, 5.74) is 1.48. The van der Waals surface area contributed by atoms with Gasteiger partial charge in [0.2, 0.25) is 11.3 Å². The number of rotatable bonds is 6. The Morgan fingerprint density at radius 2 is 1.79 bits per heavy atom. The van der Waals surface area contributed by atoms with Gasteiger partial charge in [0.15, 0.2) is 17.4 Å². The summed E-state index contributed by atoms with van der Waals surface area (Å²) in [5.74, 6) is 0.574. The van der Waals surface area contributed by atoms with Gasteiger partial charge in [0.05, 0.1) is 29.5 Å². The Balaban J connectivity index is 1.42. The number of anilines is 3. The van der Waals surface area contributed by atoms with Crippen molar-refractivity contribution in [1.29, 1.82) is 0 Å². The van der Waals surface area contributed by atoms with Gasteiger partial charge in [-0.25, -0.2) is 9.97 Å². The zero-order valence-electron chi connectivity index (χ0n) is 18.8. The van der Waals surface area contributed by atoms with Crippen LogP contribution in [-0.2, 0) is 6.54 Å². The number of nitrogens with one attached hydrogen (secondary N) is 2. The van der Waals surface area contributed by atoms with E-state index in [1.165, 1.54) is 4.88 Å². The van der Waals surface area contributed by atoms with Crippen molar-refractivity contribution in [3.63, 3.8) is 0 Å². The molecule has 1 aromatic carbocycles. The number of para-hydroxylation sites is 1. The number of thiophene rings is 1. The minimum atomic E-state index is -0.189. The lowest BCUT2D eigenvalue weighted by Gasteiger charge is -2.32. The minimum Gasteiger partial charge on any atom is -0.505 e. The van der Waals surface area contributed by atoms with E-state index in [4.69, 9.17) is 0 Å². The first-order valence-electron chi connectivity index (χ1n) is 10.8. The number of aromatic nitrogens is 4. The van der Waals surface area contributed by atoms with Crippen molar-refractivity contribution < 1.29 is 9.90 Å². The second kappa shape index (κ2) is 9.49. The highest BCUT2D eigenvalue weighted by atomic mass is 32.1. The highest BCUT2D eigenvalue weighted by molar-refractivity contribution is 7.11. The topological polar surface area (TPSA) is 119 Å². The molecule has 0 atom stereocenters. The molecule has 5 rings (SSSR count). The van der Waals surface area contributed by atoms with Gasteiger partial charge in [-0.2, -0.15) is 8.75 Å². The number of hydrogen-bond donors (Lipinski definition) is 3. The molecule has 0 radical (unpaired) electrons. The zero-order chi connectivity index (χ0) is 23.7. The summed E-state index contributed by atoms with van der Waals surface area (Å²) in [6.45, 7) is 5.50. The third-order valence-electron chi connectivity index (χ3n) is 5.65. The number of piperazine rings is 1. The monoisotopic (exact) mass is 496 g/mol. The van der Waals surface area contributed by atoms with Crippen LogP contribution >= 0.6 is 23.1 Å². The van der Waals surface area contributed by atoms with Crippen LogP contribution in [0.2, 0.25) is 0 Å². The molecule has 176 valence electrons. The van der Waals surface area contributed by atoms with E-state index in [2.05, 4.69) is 53.3 Å². The van der Waals surface area contributed by atoms with Crippen LogP contribution in [0, 0.1) is 6.92 Å². The van der Waals surface area contributed by atoms with Gasteiger partial charge >= 0.3 is 0 Å². The summed E-state index contributed by atoms with van der Waals surface area (Å²) in [4.78, 5) is 28.5. The molecule has 4 heterocycles. The van der Waals surface area contributed by atoms with Gasteiger partial charge in [0.25, 0.3) is 5.91 Å². The lowest BCUT2D eigenvalue weighted by molar-refractivity contribution is 0.0661. The molecule has 1 amide bonds. The van der Waals surface area contributed by atoms with Crippen molar-refractivity contribution >= 4 is 57.6 Å². The van der Waals surface area contributed by atoms with Crippen molar-refractivity contribution in [1.82, 2.24) is 28.5 Å². The molecule has 0 unspecified atom stereocenters. The van der Waals surface area contributed by atoms with Crippen LogP contribution in [0.15, 0.2) is 30.3 Å². The first-order chi connectivity index (χ1) is 16.5. The van der Waals surface area contributed by atoms with E-state index in [1.807, 2.05) is 7.05 Å². The number of carbonyl (C=O) groups is 1. The first-order valence-corrected chi connectivity index (χ1v) is 12.4. The van der Waals surface area contributed by atoms with Crippen molar-refractivity contribution in [3.05, 3.63) is 45.6 Å². The molecular weight excluding hydrogens is 472 g/mol. The lowest BCUT2D eigenvalue weighted by atomic mass is 10.1. The summed E-state index contributed by atoms with van der Waals surface area (Å²) < 4.78 is 8.37.